The number of aromatic nitrogens is 1. The molecular formula is C15H19NOS. The van der Waals surface area contributed by atoms with E-state index < -0.39 is 0 Å². The van der Waals surface area contributed by atoms with Crippen LogP contribution in [0.2, 0.25) is 0 Å². The van der Waals surface area contributed by atoms with Gasteiger partial charge in [0.05, 0.1) is 0 Å². The van der Waals surface area contributed by atoms with Gasteiger partial charge in [-0.1, -0.05) is 26.7 Å². The lowest BCUT2D eigenvalue weighted by molar-refractivity contribution is 0.409. The molecule has 1 aromatic rings. The van der Waals surface area contributed by atoms with Crippen molar-refractivity contribution in [2.45, 2.75) is 37.9 Å². The Morgan fingerprint density at radius 2 is 2.28 bits per heavy atom. The van der Waals surface area contributed by atoms with Crippen molar-refractivity contribution in [1.82, 2.24) is 4.98 Å². The molecule has 2 atom stereocenters. The molecule has 1 unspecified atom stereocenters. The lowest BCUT2D eigenvalue weighted by Crippen LogP contribution is -2.33. The average molecular weight is 261 g/mol. The Morgan fingerprint density at radius 3 is 2.94 bits per heavy atom. The molecule has 0 bridgehead atoms. The number of nitrogens with one attached hydrogen (secondary N) is 1. The molecule has 2 heterocycles. The largest absolute Gasteiger partial charge is 0.328 e. The predicted molar refractivity (Wildman–Crippen MR) is 78.1 cm³/mol. The van der Waals surface area contributed by atoms with Crippen molar-refractivity contribution in [2.24, 2.45) is 5.92 Å². The first-order valence-electron chi connectivity index (χ1n) is 6.26. The van der Waals surface area contributed by atoms with E-state index in [1.807, 2.05) is 17.8 Å². The van der Waals surface area contributed by atoms with Crippen LogP contribution in [0.25, 0.3) is 0 Å². The minimum absolute atomic E-state index is 0.00792. The van der Waals surface area contributed by atoms with E-state index in [2.05, 4.69) is 31.7 Å². The van der Waals surface area contributed by atoms with Crippen LogP contribution in [0.4, 0.5) is 0 Å². The second-order valence-corrected chi connectivity index (χ2v) is 7.40. The maximum Gasteiger partial charge on any atom is 0.251 e. The van der Waals surface area contributed by atoms with Gasteiger partial charge in [-0.3, -0.25) is 4.79 Å². The molecule has 0 amide bonds. The third-order valence-electron chi connectivity index (χ3n) is 3.63. The molecular weight excluding hydrogens is 242 g/mol. The van der Waals surface area contributed by atoms with Crippen LogP contribution < -0.4 is 5.56 Å². The van der Waals surface area contributed by atoms with Gasteiger partial charge in [0.25, 0.3) is 5.56 Å². The summed E-state index contributed by atoms with van der Waals surface area (Å²) < 4.78 is 0.232. The SMILES string of the molecule is C#Cc1c[nH]c(=O)c(C2CC(C)(C)SC[C@@H]2C)c1. The highest BCUT2D eigenvalue weighted by Crippen LogP contribution is 2.45. The van der Waals surface area contributed by atoms with Crippen LogP contribution >= 0.6 is 11.8 Å². The van der Waals surface area contributed by atoms with E-state index in [0.29, 0.717) is 11.8 Å². The topological polar surface area (TPSA) is 32.9 Å². The minimum atomic E-state index is 0.00792. The number of thioether (sulfide) groups is 1. The van der Waals surface area contributed by atoms with E-state index in [4.69, 9.17) is 6.42 Å². The van der Waals surface area contributed by atoms with Crippen molar-refractivity contribution < 1.29 is 0 Å². The molecule has 1 saturated heterocycles. The van der Waals surface area contributed by atoms with Gasteiger partial charge >= 0.3 is 0 Å². The van der Waals surface area contributed by atoms with E-state index >= 15 is 0 Å². The summed E-state index contributed by atoms with van der Waals surface area (Å²) in [5.74, 6) is 4.50. The molecule has 0 radical (unpaired) electrons. The van der Waals surface area contributed by atoms with Gasteiger partial charge in [0.2, 0.25) is 0 Å². The van der Waals surface area contributed by atoms with E-state index in [9.17, 15) is 4.79 Å². The Kier molecular flexibility index (Phi) is 3.59. The number of hydrogen-bond acceptors (Lipinski definition) is 2. The highest BCUT2D eigenvalue weighted by Gasteiger charge is 2.35. The molecule has 3 heteroatoms. The summed E-state index contributed by atoms with van der Waals surface area (Å²) in [5.41, 5.74) is 1.62. The van der Waals surface area contributed by atoms with Crippen LogP contribution in [-0.2, 0) is 0 Å². The fourth-order valence-corrected chi connectivity index (χ4v) is 3.78. The number of H-pyrrole nitrogens is 1. The maximum absolute atomic E-state index is 12.0. The zero-order valence-electron chi connectivity index (χ0n) is 11.1. The van der Waals surface area contributed by atoms with Crippen LogP contribution in [0.3, 0.4) is 0 Å². The fourth-order valence-electron chi connectivity index (χ4n) is 2.54. The Bertz CT molecular complexity index is 538. The summed E-state index contributed by atoms with van der Waals surface area (Å²) in [6.07, 6.45) is 8.04. The van der Waals surface area contributed by atoms with Gasteiger partial charge in [-0.25, -0.2) is 0 Å². The summed E-state index contributed by atoms with van der Waals surface area (Å²) >= 11 is 1.99. The molecule has 0 aromatic carbocycles. The van der Waals surface area contributed by atoms with E-state index in [0.717, 1.165) is 23.3 Å². The Balaban J connectivity index is 2.41. The van der Waals surface area contributed by atoms with Gasteiger partial charge in [-0.05, 0) is 30.1 Å². The molecule has 0 saturated carbocycles. The van der Waals surface area contributed by atoms with Crippen LogP contribution in [0, 0.1) is 18.3 Å². The van der Waals surface area contributed by atoms with E-state index in [1.54, 1.807) is 6.20 Å². The average Bonchev–Trinajstić information content (AvgIpc) is 2.33. The molecule has 1 aromatic heterocycles. The highest BCUT2D eigenvalue weighted by molar-refractivity contribution is 8.00. The fraction of sp³-hybridized carbons (Fsp3) is 0.533. The lowest BCUT2D eigenvalue weighted by atomic mass is 9.81. The van der Waals surface area contributed by atoms with E-state index in [1.165, 1.54) is 0 Å². The number of pyridine rings is 1. The summed E-state index contributed by atoms with van der Waals surface area (Å²) in [7, 11) is 0. The first kappa shape index (κ1) is 13.3. The quantitative estimate of drug-likeness (QED) is 0.788. The summed E-state index contributed by atoms with van der Waals surface area (Å²) in [6.45, 7) is 6.71. The zero-order valence-corrected chi connectivity index (χ0v) is 11.9. The zero-order chi connectivity index (χ0) is 13.3. The summed E-state index contributed by atoms with van der Waals surface area (Å²) in [5, 5.41) is 0. The van der Waals surface area contributed by atoms with Crippen molar-refractivity contribution in [3.05, 3.63) is 33.7 Å². The number of hydrogen-bond donors (Lipinski definition) is 1. The molecule has 96 valence electrons. The van der Waals surface area contributed by atoms with Gasteiger partial charge in [0.1, 0.15) is 0 Å². The highest BCUT2D eigenvalue weighted by atomic mass is 32.2. The Labute approximate surface area is 113 Å². The molecule has 0 spiro atoms. The number of aromatic amines is 1. The molecule has 0 aliphatic carbocycles. The Morgan fingerprint density at radius 1 is 1.56 bits per heavy atom. The van der Waals surface area contributed by atoms with Crippen LogP contribution in [0.1, 0.15) is 44.2 Å². The van der Waals surface area contributed by atoms with Gasteiger partial charge in [-0.2, -0.15) is 11.8 Å². The third-order valence-corrected chi connectivity index (χ3v) is 5.27. The van der Waals surface area contributed by atoms with Gasteiger partial charge in [0.15, 0.2) is 0 Å². The first-order chi connectivity index (χ1) is 8.43. The molecule has 1 fully saturated rings. The monoisotopic (exact) mass is 261 g/mol. The number of rotatable bonds is 1. The molecule has 1 N–H and O–H groups in total. The molecule has 18 heavy (non-hydrogen) atoms. The summed E-state index contributed by atoms with van der Waals surface area (Å²) in [6, 6.07) is 1.88. The minimum Gasteiger partial charge on any atom is -0.328 e. The van der Waals surface area contributed by atoms with Crippen molar-refractivity contribution in [3.8, 4) is 12.3 Å². The maximum atomic E-state index is 12.0. The molecule has 2 rings (SSSR count). The lowest BCUT2D eigenvalue weighted by Gasteiger charge is -2.38. The molecule has 1 aliphatic rings. The van der Waals surface area contributed by atoms with Crippen LogP contribution in [-0.4, -0.2) is 15.5 Å². The van der Waals surface area contributed by atoms with Crippen molar-refractivity contribution in [3.63, 3.8) is 0 Å². The van der Waals surface area contributed by atoms with Crippen molar-refractivity contribution in [2.75, 3.05) is 5.75 Å². The Hall–Kier alpha value is -1.14. The van der Waals surface area contributed by atoms with Crippen LogP contribution in [0.15, 0.2) is 17.1 Å². The van der Waals surface area contributed by atoms with E-state index in [-0.39, 0.29) is 10.3 Å². The standard InChI is InChI=1S/C15H19NOS/c1-5-11-6-12(14(17)16-8-11)13-7-15(3,4)18-9-10(13)2/h1,6,8,10,13H,7,9H2,2-4H3,(H,16,17)/t10-,13?/m0/s1. The number of terminal acetylenes is 1. The summed E-state index contributed by atoms with van der Waals surface area (Å²) in [4.78, 5) is 14.8. The molecule has 1 aliphatic heterocycles. The third kappa shape index (κ3) is 2.64. The van der Waals surface area contributed by atoms with Crippen LogP contribution in [0.5, 0.6) is 0 Å². The van der Waals surface area contributed by atoms with Crippen molar-refractivity contribution in [1.29, 1.82) is 0 Å². The smallest absolute Gasteiger partial charge is 0.251 e. The van der Waals surface area contributed by atoms with Gasteiger partial charge in [0, 0.05) is 22.1 Å². The van der Waals surface area contributed by atoms with Crippen molar-refractivity contribution >= 4 is 11.8 Å². The second kappa shape index (κ2) is 4.85. The van der Waals surface area contributed by atoms with Gasteiger partial charge < -0.3 is 4.98 Å². The first-order valence-corrected chi connectivity index (χ1v) is 7.25. The normalized spacial score (nSPS) is 26.6. The van der Waals surface area contributed by atoms with Gasteiger partial charge in [-0.15, -0.1) is 6.42 Å². The molecule has 2 nitrogen and oxygen atoms in total. The predicted octanol–water partition coefficient (Wildman–Crippen LogP) is 2.99. The second-order valence-electron chi connectivity index (χ2n) is 5.68.